The lowest BCUT2D eigenvalue weighted by molar-refractivity contribution is -0.173. The van der Waals surface area contributed by atoms with Crippen LogP contribution in [0.25, 0.3) is 0 Å². The highest BCUT2D eigenvalue weighted by Gasteiger charge is 2.38. The minimum atomic E-state index is -5.06. The maximum Gasteiger partial charge on any atom is 0.471 e. The number of nitrogens with zero attached hydrogens (tertiary/aromatic N) is 1. The van der Waals surface area contributed by atoms with Crippen molar-refractivity contribution in [2.45, 2.75) is 13.1 Å². The van der Waals surface area contributed by atoms with Crippen molar-refractivity contribution >= 4 is 29.0 Å². The second-order valence-corrected chi connectivity index (χ2v) is 4.22. The number of esters is 1. The van der Waals surface area contributed by atoms with Gasteiger partial charge in [0.1, 0.15) is 5.69 Å². The number of ether oxygens (including phenoxy) is 1. The third-order valence-corrected chi connectivity index (χ3v) is 2.73. The molecule has 10 heteroatoms. The number of halogens is 3. The van der Waals surface area contributed by atoms with Crippen LogP contribution in [-0.2, 0) is 9.53 Å². The van der Waals surface area contributed by atoms with Crippen LogP contribution < -0.4 is 5.32 Å². The molecular formula is C10H9F3N2O4S. The molecule has 1 amide bonds. The largest absolute Gasteiger partial charge is 0.471 e. The van der Waals surface area contributed by atoms with E-state index in [4.69, 9.17) is 0 Å². The van der Waals surface area contributed by atoms with Gasteiger partial charge in [-0.05, 0) is 6.92 Å². The van der Waals surface area contributed by atoms with Gasteiger partial charge in [0.15, 0.2) is 0 Å². The zero-order chi connectivity index (χ0) is 15.3. The molecule has 0 unspecified atom stereocenters. The third-order valence-electron chi connectivity index (χ3n) is 1.91. The normalized spacial score (nSPS) is 11.0. The number of ketones is 1. The Morgan fingerprint density at radius 2 is 2.05 bits per heavy atom. The van der Waals surface area contributed by atoms with Crippen molar-refractivity contribution in [2.24, 2.45) is 0 Å². The van der Waals surface area contributed by atoms with Crippen LogP contribution in [0.3, 0.4) is 0 Å². The fourth-order valence-electron chi connectivity index (χ4n) is 1.04. The lowest BCUT2D eigenvalue weighted by Gasteiger charge is -2.05. The van der Waals surface area contributed by atoms with Gasteiger partial charge in [0.25, 0.3) is 0 Å². The summed E-state index contributed by atoms with van der Waals surface area (Å²) in [5, 5.41) is 2.54. The summed E-state index contributed by atoms with van der Waals surface area (Å²) in [6, 6.07) is 0. The van der Waals surface area contributed by atoms with Crippen molar-refractivity contribution in [3.63, 3.8) is 0 Å². The Hall–Kier alpha value is -1.97. The van der Waals surface area contributed by atoms with Gasteiger partial charge >= 0.3 is 18.1 Å². The van der Waals surface area contributed by atoms with Gasteiger partial charge in [-0.25, -0.2) is 9.78 Å². The Kier molecular flexibility index (Phi) is 5.19. The molecule has 1 aromatic heterocycles. The van der Waals surface area contributed by atoms with Gasteiger partial charge in [-0.2, -0.15) is 13.2 Å². The van der Waals surface area contributed by atoms with Crippen LogP contribution in [0.15, 0.2) is 5.38 Å². The minimum absolute atomic E-state index is 0.0858. The molecule has 0 saturated carbocycles. The number of rotatable bonds is 5. The zero-order valence-electron chi connectivity index (χ0n) is 10.1. The molecule has 1 N–H and O–H groups in total. The maximum absolute atomic E-state index is 11.9. The lowest BCUT2D eigenvalue weighted by atomic mass is 10.3. The Morgan fingerprint density at radius 1 is 1.40 bits per heavy atom. The Labute approximate surface area is 114 Å². The number of thiazole rings is 1. The van der Waals surface area contributed by atoms with E-state index in [1.807, 2.05) is 0 Å². The summed E-state index contributed by atoms with van der Waals surface area (Å²) in [7, 11) is 0. The fraction of sp³-hybridized carbons (Fsp3) is 0.400. The number of hydrogen-bond donors (Lipinski definition) is 1. The minimum Gasteiger partial charge on any atom is -0.461 e. The Morgan fingerprint density at radius 3 is 2.60 bits per heavy atom. The number of alkyl halides is 3. The molecular weight excluding hydrogens is 301 g/mol. The van der Waals surface area contributed by atoms with Gasteiger partial charge in [0.2, 0.25) is 10.8 Å². The monoisotopic (exact) mass is 310 g/mol. The Balaban J connectivity index is 2.61. The van der Waals surface area contributed by atoms with Gasteiger partial charge in [0, 0.05) is 5.38 Å². The predicted molar refractivity (Wildman–Crippen MR) is 61.5 cm³/mol. The number of hydrogen-bond acceptors (Lipinski definition) is 6. The van der Waals surface area contributed by atoms with E-state index in [2.05, 4.69) is 9.72 Å². The van der Waals surface area contributed by atoms with Gasteiger partial charge in [0.05, 0.1) is 13.2 Å². The molecule has 0 aliphatic rings. The van der Waals surface area contributed by atoms with Crippen LogP contribution in [0.4, 0.5) is 13.2 Å². The number of aromatic nitrogens is 1. The zero-order valence-corrected chi connectivity index (χ0v) is 10.9. The van der Waals surface area contributed by atoms with Crippen molar-refractivity contribution in [1.82, 2.24) is 10.3 Å². The highest BCUT2D eigenvalue weighted by atomic mass is 32.1. The van der Waals surface area contributed by atoms with Crippen LogP contribution in [0.5, 0.6) is 0 Å². The van der Waals surface area contributed by atoms with Gasteiger partial charge < -0.3 is 10.1 Å². The average Bonchev–Trinajstić information content (AvgIpc) is 2.84. The molecule has 0 aliphatic heterocycles. The second kappa shape index (κ2) is 6.46. The van der Waals surface area contributed by atoms with Gasteiger partial charge in [-0.1, -0.05) is 0 Å². The van der Waals surface area contributed by atoms with Gasteiger partial charge in [-0.15, -0.1) is 11.3 Å². The lowest BCUT2D eigenvalue weighted by Crippen LogP contribution is -2.39. The summed E-state index contributed by atoms with van der Waals surface area (Å²) >= 11 is 0.824. The quantitative estimate of drug-likeness (QED) is 0.652. The van der Waals surface area contributed by atoms with E-state index in [0.717, 1.165) is 11.3 Å². The maximum atomic E-state index is 11.9. The van der Waals surface area contributed by atoms with Crippen molar-refractivity contribution in [2.75, 3.05) is 13.2 Å². The molecule has 110 valence electrons. The topological polar surface area (TPSA) is 85.4 Å². The van der Waals surface area contributed by atoms with Gasteiger partial charge in [-0.3, -0.25) is 9.59 Å². The number of Topliss-reactive ketones (excluding diaryl/α,β-unsaturated/α-hetero) is 1. The molecule has 0 aromatic carbocycles. The molecule has 1 rings (SSSR count). The van der Waals surface area contributed by atoms with E-state index in [1.165, 1.54) is 10.7 Å². The summed E-state index contributed by atoms with van der Waals surface area (Å²) in [5.41, 5.74) is -0.208. The van der Waals surface area contributed by atoms with E-state index >= 15 is 0 Å². The average molecular weight is 310 g/mol. The van der Waals surface area contributed by atoms with Crippen molar-refractivity contribution < 1.29 is 32.3 Å². The molecule has 0 spiro atoms. The standard InChI is InChI=1S/C10H9F3N2O4S/c1-2-19-8(17)7-15-5(4-20-7)6(16)3-14-9(18)10(11,12)13/h4H,2-3H2,1H3,(H,14,18). The summed E-state index contributed by atoms with van der Waals surface area (Å²) in [4.78, 5) is 36.9. The fourth-order valence-corrected chi connectivity index (χ4v) is 1.75. The molecule has 0 atom stereocenters. The van der Waals surface area contributed by atoms with E-state index in [-0.39, 0.29) is 17.3 Å². The summed E-state index contributed by atoms with van der Waals surface area (Å²) < 4.78 is 40.3. The molecule has 20 heavy (non-hydrogen) atoms. The molecule has 0 bridgehead atoms. The number of carbonyl (C=O) groups is 3. The van der Waals surface area contributed by atoms with Crippen molar-refractivity contribution in [3.05, 3.63) is 16.1 Å². The van der Waals surface area contributed by atoms with Crippen LogP contribution in [0.2, 0.25) is 0 Å². The smallest absolute Gasteiger partial charge is 0.461 e. The van der Waals surface area contributed by atoms with E-state index in [9.17, 15) is 27.6 Å². The number of carbonyl (C=O) groups excluding carboxylic acids is 3. The van der Waals surface area contributed by atoms with E-state index in [1.54, 1.807) is 6.92 Å². The molecule has 0 radical (unpaired) electrons. The highest BCUT2D eigenvalue weighted by molar-refractivity contribution is 7.11. The number of amides is 1. The molecule has 0 aliphatic carbocycles. The van der Waals surface area contributed by atoms with Crippen molar-refractivity contribution in [1.29, 1.82) is 0 Å². The molecule has 1 aromatic rings. The number of nitrogens with one attached hydrogen (secondary N) is 1. The first-order valence-electron chi connectivity index (χ1n) is 5.26. The first-order valence-corrected chi connectivity index (χ1v) is 6.14. The summed E-state index contributed by atoms with van der Waals surface area (Å²) in [6.07, 6.45) is -5.06. The van der Waals surface area contributed by atoms with Crippen LogP contribution >= 0.6 is 11.3 Å². The summed E-state index contributed by atoms with van der Waals surface area (Å²) in [6.45, 7) is 0.859. The van der Waals surface area contributed by atoms with E-state index in [0.29, 0.717) is 0 Å². The molecule has 6 nitrogen and oxygen atoms in total. The first-order chi connectivity index (χ1) is 9.25. The van der Waals surface area contributed by atoms with Crippen LogP contribution in [0, 0.1) is 0 Å². The highest BCUT2D eigenvalue weighted by Crippen LogP contribution is 2.14. The van der Waals surface area contributed by atoms with Crippen molar-refractivity contribution in [3.8, 4) is 0 Å². The predicted octanol–water partition coefficient (Wildman–Crippen LogP) is 1.18. The molecule has 0 fully saturated rings. The van der Waals surface area contributed by atoms with Crippen LogP contribution in [0.1, 0.15) is 27.2 Å². The molecule has 0 saturated heterocycles. The Bertz CT molecular complexity index is 527. The van der Waals surface area contributed by atoms with Crippen LogP contribution in [-0.4, -0.2) is 42.0 Å². The first kappa shape index (κ1) is 16.1. The second-order valence-electron chi connectivity index (χ2n) is 3.36. The van der Waals surface area contributed by atoms with E-state index < -0.39 is 30.4 Å². The summed E-state index contributed by atoms with van der Waals surface area (Å²) in [5.74, 6) is -3.78. The molecule has 1 heterocycles. The SMILES string of the molecule is CCOC(=O)c1nc(C(=O)CNC(=O)C(F)(F)F)cs1. The third kappa shape index (κ3) is 4.30.